The van der Waals surface area contributed by atoms with E-state index in [-0.39, 0.29) is 38.8 Å². The van der Waals surface area contributed by atoms with Crippen molar-refractivity contribution in [2.24, 2.45) is 5.92 Å². The molecule has 0 spiro atoms. The molecule has 1 atom stereocenters. The second-order valence-corrected chi connectivity index (χ2v) is 11.0. The van der Waals surface area contributed by atoms with E-state index in [2.05, 4.69) is 0 Å². The van der Waals surface area contributed by atoms with E-state index in [9.17, 15) is 18.0 Å². The topological polar surface area (TPSA) is 93.2 Å². The lowest BCUT2D eigenvalue weighted by molar-refractivity contribution is -0.131. The van der Waals surface area contributed by atoms with E-state index in [0.29, 0.717) is 6.42 Å². The predicted molar refractivity (Wildman–Crippen MR) is 144 cm³/mol. The first-order valence-corrected chi connectivity index (χ1v) is 14.5. The van der Waals surface area contributed by atoms with Gasteiger partial charge in [0.15, 0.2) is 0 Å². The van der Waals surface area contributed by atoms with Gasteiger partial charge in [0, 0.05) is 13.1 Å². The van der Waals surface area contributed by atoms with Crippen LogP contribution < -0.4 is 0 Å². The average Bonchev–Trinajstić information content (AvgIpc) is 2.90. The lowest BCUT2D eigenvalue weighted by Crippen LogP contribution is -2.47. The third-order valence-corrected chi connectivity index (χ3v) is 7.62. The minimum absolute atomic E-state index is 0.0310. The lowest BCUT2D eigenvalue weighted by atomic mass is 10.1. The number of benzene rings is 2. The SMILES string of the molecule is CCCCCN(C(=O)COCc1ccccc1)S(=O)(=O)CN(CC(C)CC)C(=O)OCc1ccccc1. The molecule has 0 heterocycles. The summed E-state index contributed by atoms with van der Waals surface area (Å²) in [4.78, 5) is 27.1. The molecule has 0 saturated carbocycles. The highest BCUT2D eigenvalue weighted by Crippen LogP contribution is 2.14. The number of unbranched alkanes of at least 4 members (excludes halogenated alkanes) is 2. The monoisotopic (exact) mass is 532 g/mol. The second kappa shape index (κ2) is 16.0. The van der Waals surface area contributed by atoms with E-state index in [4.69, 9.17) is 9.47 Å². The Labute approximate surface area is 221 Å². The summed E-state index contributed by atoms with van der Waals surface area (Å²) < 4.78 is 38.7. The molecule has 9 heteroatoms. The van der Waals surface area contributed by atoms with Crippen molar-refractivity contribution in [2.75, 3.05) is 25.6 Å². The molecule has 0 aliphatic carbocycles. The van der Waals surface area contributed by atoms with E-state index >= 15 is 0 Å². The fraction of sp³-hybridized carbons (Fsp3) is 0.500. The molecule has 0 aliphatic heterocycles. The van der Waals surface area contributed by atoms with E-state index in [1.54, 1.807) is 0 Å². The number of carbonyl (C=O) groups is 2. The molecule has 2 rings (SSSR count). The van der Waals surface area contributed by atoms with Crippen molar-refractivity contribution >= 4 is 22.0 Å². The van der Waals surface area contributed by atoms with Crippen LogP contribution in [0, 0.1) is 5.92 Å². The predicted octanol–water partition coefficient (Wildman–Crippen LogP) is 5.19. The van der Waals surface area contributed by atoms with Crippen LogP contribution in [0.2, 0.25) is 0 Å². The van der Waals surface area contributed by atoms with E-state index in [1.165, 1.54) is 4.90 Å². The number of rotatable bonds is 16. The van der Waals surface area contributed by atoms with Crippen molar-refractivity contribution in [2.45, 2.75) is 59.7 Å². The second-order valence-electron chi connectivity index (χ2n) is 9.17. The first kappa shape index (κ1) is 30.3. The molecule has 0 radical (unpaired) electrons. The summed E-state index contributed by atoms with van der Waals surface area (Å²) in [6.07, 6.45) is 2.21. The zero-order chi connectivity index (χ0) is 27.1. The van der Waals surface area contributed by atoms with Crippen molar-refractivity contribution in [3.8, 4) is 0 Å². The smallest absolute Gasteiger partial charge is 0.411 e. The van der Waals surface area contributed by atoms with Crippen molar-refractivity contribution in [1.29, 1.82) is 0 Å². The number of hydrogen-bond donors (Lipinski definition) is 0. The van der Waals surface area contributed by atoms with Gasteiger partial charge in [-0.15, -0.1) is 0 Å². The lowest BCUT2D eigenvalue weighted by Gasteiger charge is -2.29. The Morgan fingerprint density at radius 3 is 2.05 bits per heavy atom. The Morgan fingerprint density at radius 1 is 0.892 bits per heavy atom. The molecule has 2 aromatic rings. The summed E-state index contributed by atoms with van der Waals surface area (Å²) in [7, 11) is -4.15. The number of amides is 2. The molecular formula is C28H40N2O6S. The number of ether oxygens (including phenoxy) is 2. The van der Waals surface area contributed by atoms with Crippen molar-refractivity contribution in [3.63, 3.8) is 0 Å². The summed E-state index contributed by atoms with van der Waals surface area (Å²) in [5.41, 5.74) is 1.69. The first-order valence-electron chi connectivity index (χ1n) is 12.9. The summed E-state index contributed by atoms with van der Waals surface area (Å²) in [6.45, 7) is 6.00. The number of hydrogen-bond acceptors (Lipinski definition) is 6. The maximum atomic E-state index is 13.5. The van der Waals surface area contributed by atoms with Crippen molar-refractivity contribution < 1.29 is 27.5 Å². The van der Waals surface area contributed by atoms with Crippen LogP contribution in [0.4, 0.5) is 4.79 Å². The minimum Gasteiger partial charge on any atom is -0.445 e. The number of nitrogens with zero attached hydrogens (tertiary/aromatic N) is 2. The molecule has 8 nitrogen and oxygen atoms in total. The molecule has 37 heavy (non-hydrogen) atoms. The molecule has 2 aromatic carbocycles. The third-order valence-electron chi connectivity index (χ3n) is 5.93. The third kappa shape index (κ3) is 10.9. The van der Waals surface area contributed by atoms with E-state index in [0.717, 1.165) is 34.7 Å². The van der Waals surface area contributed by atoms with Gasteiger partial charge in [0.2, 0.25) is 0 Å². The van der Waals surface area contributed by atoms with E-state index in [1.807, 2.05) is 81.4 Å². The number of carbonyl (C=O) groups excluding carboxylic acids is 2. The normalized spacial score (nSPS) is 12.1. The molecule has 0 N–H and O–H groups in total. The van der Waals surface area contributed by atoms with Crippen LogP contribution >= 0.6 is 0 Å². The highest BCUT2D eigenvalue weighted by molar-refractivity contribution is 7.89. The molecule has 2 amide bonds. The van der Waals surface area contributed by atoms with Gasteiger partial charge < -0.3 is 9.47 Å². The van der Waals surface area contributed by atoms with Gasteiger partial charge in [-0.2, -0.15) is 0 Å². The minimum atomic E-state index is -4.15. The molecule has 0 fully saturated rings. The van der Waals surface area contributed by atoms with Gasteiger partial charge in [0.1, 0.15) is 19.1 Å². The van der Waals surface area contributed by atoms with Crippen LogP contribution in [0.5, 0.6) is 0 Å². The van der Waals surface area contributed by atoms with Gasteiger partial charge in [0.25, 0.3) is 15.9 Å². The summed E-state index contributed by atoms with van der Waals surface area (Å²) >= 11 is 0. The molecule has 0 aromatic heterocycles. The van der Waals surface area contributed by atoms with Gasteiger partial charge in [-0.3, -0.25) is 9.69 Å². The molecule has 0 bridgehead atoms. The molecule has 0 saturated heterocycles. The molecule has 1 unspecified atom stereocenters. The van der Waals surface area contributed by atoms with Crippen LogP contribution in [-0.2, 0) is 37.5 Å². The van der Waals surface area contributed by atoms with Crippen LogP contribution in [0.15, 0.2) is 60.7 Å². The van der Waals surface area contributed by atoms with Gasteiger partial charge in [-0.1, -0.05) is 101 Å². The fourth-order valence-electron chi connectivity index (χ4n) is 3.59. The highest BCUT2D eigenvalue weighted by Gasteiger charge is 2.32. The van der Waals surface area contributed by atoms with Crippen molar-refractivity contribution in [3.05, 3.63) is 71.8 Å². The standard InChI is InChI=1S/C28H40N2O6S/c1-4-6-13-18-30(27(31)22-35-20-25-14-9-7-10-15-25)37(33,34)23-29(19-24(3)5-2)28(32)36-21-26-16-11-8-12-17-26/h7-12,14-17,24H,4-6,13,18-23H2,1-3H3. The van der Waals surface area contributed by atoms with Gasteiger partial charge in [0.05, 0.1) is 6.61 Å². The van der Waals surface area contributed by atoms with Gasteiger partial charge in [-0.05, 0) is 23.5 Å². The van der Waals surface area contributed by atoms with Crippen LogP contribution in [0.25, 0.3) is 0 Å². The van der Waals surface area contributed by atoms with Gasteiger partial charge in [-0.25, -0.2) is 17.5 Å². The maximum Gasteiger partial charge on any atom is 0.411 e. The Balaban J connectivity index is 2.12. The number of sulfonamides is 1. The Bertz CT molecular complexity index is 1050. The largest absolute Gasteiger partial charge is 0.445 e. The first-order chi connectivity index (χ1) is 17.8. The summed E-state index contributed by atoms with van der Waals surface area (Å²) in [5, 5.41) is 0. The zero-order valence-electron chi connectivity index (χ0n) is 22.2. The van der Waals surface area contributed by atoms with Crippen LogP contribution in [0.1, 0.15) is 57.6 Å². The molecule has 0 aliphatic rings. The Morgan fingerprint density at radius 2 is 1.49 bits per heavy atom. The fourth-order valence-corrected chi connectivity index (χ4v) is 5.10. The highest BCUT2D eigenvalue weighted by atomic mass is 32.2. The van der Waals surface area contributed by atoms with Crippen molar-refractivity contribution in [1.82, 2.24) is 9.21 Å². The maximum absolute atomic E-state index is 13.5. The Hall–Kier alpha value is -2.91. The summed E-state index contributed by atoms with van der Waals surface area (Å²) in [6, 6.07) is 18.5. The van der Waals surface area contributed by atoms with Gasteiger partial charge >= 0.3 is 6.09 Å². The average molecular weight is 533 g/mol. The zero-order valence-corrected chi connectivity index (χ0v) is 23.0. The Kier molecular flexibility index (Phi) is 13.1. The van der Waals surface area contributed by atoms with E-state index < -0.39 is 27.9 Å². The quantitative estimate of drug-likeness (QED) is 0.276. The molecule has 204 valence electrons. The van der Waals surface area contributed by atoms with Crippen LogP contribution in [0.3, 0.4) is 0 Å². The summed E-state index contributed by atoms with van der Waals surface area (Å²) in [5.74, 6) is -1.23. The molecular weight excluding hydrogens is 492 g/mol. The van der Waals surface area contributed by atoms with Crippen LogP contribution in [-0.4, -0.2) is 55.2 Å².